The highest BCUT2D eigenvalue weighted by molar-refractivity contribution is 6.38. The van der Waals surface area contributed by atoms with Gasteiger partial charge in [-0.15, -0.1) is 0 Å². The van der Waals surface area contributed by atoms with Gasteiger partial charge in [-0.3, -0.25) is 63.4 Å². The molecule has 0 bridgehead atoms. The van der Waals surface area contributed by atoms with E-state index >= 15 is 0 Å². The number of Topliss-reactive ketones (excluding diaryl/α,β-unsaturated/α-hetero) is 2. The van der Waals surface area contributed by atoms with Gasteiger partial charge < -0.3 is 52.7 Å². The fourth-order valence-corrected chi connectivity index (χ4v) is 8.93. The summed E-state index contributed by atoms with van der Waals surface area (Å²) < 4.78 is 0. The first-order valence-corrected chi connectivity index (χ1v) is 25.0. The lowest BCUT2D eigenvalue weighted by Gasteiger charge is -2.33. The van der Waals surface area contributed by atoms with Gasteiger partial charge in [0.2, 0.25) is 23.5 Å². The van der Waals surface area contributed by atoms with Gasteiger partial charge in [-0.25, -0.2) is 0 Å². The molecule has 0 spiro atoms. The van der Waals surface area contributed by atoms with E-state index in [0.29, 0.717) is 130 Å². The molecule has 4 amide bonds. The van der Waals surface area contributed by atoms with Gasteiger partial charge in [0.15, 0.2) is 11.7 Å². The molecule has 3 heterocycles. The molecule has 0 aromatic carbocycles. The molecular weight excluding hydrogens is 895 g/mol. The number of guanidine groups is 1. The average Bonchev–Trinajstić information content (AvgIpc) is 3.79. The first-order valence-electron chi connectivity index (χ1n) is 25.0. The Balaban J connectivity index is 1.75. The summed E-state index contributed by atoms with van der Waals surface area (Å²) in [6.45, 7) is 12.6. The second-order valence-corrected chi connectivity index (χ2v) is 18.9. The zero-order valence-electron chi connectivity index (χ0n) is 41.6. The number of carbonyl (C=O) groups excluding carboxylic acids is 6. The third kappa shape index (κ3) is 22.2. The van der Waals surface area contributed by atoms with Crippen molar-refractivity contribution in [3.05, 3.63) is 0 Å². The molecule has 3 fully saturated rings. The van der Waals surface area contributed by atoms with Crippen molar-refractivity contribution >= 4 is 53.1 Å². The Morgan fingerprint density at radius 2 is 1.30 bits per heavy atom. The Morgan fingerprint density at radius 1 is 0.739 bits per heavy atom. The lowest BCUT2D eigenvalue weighted by molar-refractivity contribution is -0.143. The van der Waals surface area contributed by atoms with Gasteiger partial charge in [-0.1, -0.05) is 27.2 Å². The molecule has 3 aliphatic heterocycles. The number of aliphatic carboxylic acids is 2. The molecule has 23 heteroatoms. The number of carboxylic acid groups (broad SMARTS) is 2. The van der Waals surface area contributed by atoms with Crippen LogP contribution < -0.4 is 38.1 Å². The molecule has 0 saturated carbocycles. The molecule has 11 N–H and O–H groups in total. The van der Waals surface area contributed by atoms with E-state index in [0.717, 1.165) is 13.0 Å². The van der Waals surface area contributed by atoms with Gasteiger partial charge in [0, 0.05) is 84.6 Å². The number of carboxylic acids is 2. The summed E-state index contributed by atoms with van der Waals surface area (Å²) in [5, 5.41) is 34.2. The Morgan fingerprint density at radius 3 is 1.87 bits per heavy atom. The van der Waals surface area contributed by atoms with E-state index in [1.807, 2.05) is 28.5 Å². The van der Waals surface area contributed by atoms with Crippen LogP contribution in [0.2, 0.25) is 0 Å². The summed E-state index contributed by atoms with van der Waals surface area (Å²) in [6.07, 6.45) is 5.15. The first-order chi connectivity index (χ1) is 32.9. The van der Waals surface area contributed by atoms with Crippen molar-refractivity contribution in [3.8, 4) is 0 Å². The number of hydrogen-bond donors (Lipinski definition) is 9. The molecule has 5 atom stereocenters. The minimum atomic E-state index is -1.12. The molecule has 2 unspecified atom stereocenters. The lowest BCUT2D eigenvalue weighted by Crippen LogP contribution is -2.57. The molecule has 0 aliphatic carbocycles. The predicted molar refractivity (Wildman–Crippen MR) is 260 cm³/mol. The Labute approximate surface area is 407 Å². The molecule has 23 nitrogen and oxygen atoms in total. The number of aliphatic imine (C=N–C) groups is 1. The number of nitrogens with two attached hydrogens (primary N) is 2. The zero-order chi connectivity index (χ0) is 50.9. The molecule has 0 radical (unpaired) electrons. The minimum Gasteiger partial charge on any atom is -0.480 e. The molecular formula is C46H83N13O10. The molecule has 3 saturated heterocycles. The molecule has 392 valence electrons. The molecule has 3 aliphatic rings. The van der Waals surface area contributed by atoms with Gasteiger partial charge in [0.05, 0.1) is 44.3 Å². The number of rotatable bonds is 15. The maximum absolute atomic E-state index is 14.1. The van der Waals surface area contributed by atoms with E-state index in [1.165, 1.54) is 0 Å². The third-order valence-corrected chi connectivity index (χ3v) is 13.0. The molecule has 0 aromatic rings. The summed E-state index contributed by atoms with van der Waals surface area (Å²) in [7, 11) is 0. The lowest BCUT2D eigenvalue weighted by atomic mass is 9.98. The topological polar surface area (TPSA) is 318 Å². The molecule has 0 aromatic heterocycles. The van der Waals surface area contributed by atoms with Gasteiger partial charge in [-0.05, 0) is 77.2 Å². The number of hydrogen-bond acceptors (Lipinski definition) is 15. The number of nitrogens with zero attached hydrogens (tertiary/aromatic N) is 6. The van der Waals surface area contributed by atoms with E-state index in [-0.39, 0.29) is 62.3 Å². The number of ketones is 2. The van der Waals surface area contributed by atoms with Crippen molar-refractivity contribution in [2.45, 2.75) is 122 Å². The largest absolute Gasteiger partial charge is 0.480 e. The SMILES string of the molecule is CCN1CCN(CC(=O)O)CCN(CC(=O)CNC2CCCCNC(=O)C(=O)[C@H](C(C)C)NC(=O)[C@@H]3CCCN3C(=O)[C@H](CCCN=C(N)N)NC(C)CCCCNC2=O)CCN(CC(=O)O)CC1. The van der Waals surface area contributed by atoms with E-state index in [2.05, 4.69) is 36.5 Å². The van der Waals surface area contributed by atoms with Crippen LogP contribution in [0.4, 0.5) is 0 Å². The van der Waals surface area contributed by atoms with E-state index < -0.39 is 59.6 Å². The van der Waals surface area contributed by atoms with Gasteiger partial charge >= 0.3 is 11.9 Å². The maximum Gasteiger partial charge on any atom is 0.317 e. The predicted octanol–water partition coefficient (Wildman–Crippen LogP) is -2.39. The van der Waals surface area contributed by atoms with Crippen LogP contribution in [-0.4, -0.2) is 229 Å². The standard InChI is InChI=1S/C46H83N13O10/c1-5-55-20-22-57(30-38(61)62)26-24-56(25-27-58(23-21-55)31-39(63)64)29-34(60)28-52-35-13-7-9-17-50-44(68)41(65)40(32(2)3)54-43(67)37-15-11-19-59(37)45(69)36(14-10-18-51-46(47)48)53-33(4)12-6-8-16-49-42(35)66/h32-33,35-37,40,52-53H,5-31H2,1-4H3,(H,49,66)(H,50,68)(H,54,67)(H,61,62)(H,63,64)(H4,47,48,51)/t33?,35?,36-,37-,40-/m0/s1. The number of likely N-dealkylation sites (N-methyl/N-ethyl adjacent to an activating group) is 1. The summed E-state index contributed by atoms with van der Waals surface area (Å²) in [6, 6.07) is -3.46. The summed E-state index contributed by atoms with van der Waals surface area (Å²) in [4.78, 5) is 119. The fraction of sp³-hybridized carbons (Fsp3) is 0.804. The number of nitrogens with one attached hydrogen (secondary N) is 5. The third-order valence-electron chi connectivity index (χ3n) is 13.0. The van der Waals surface area contributed by atoms with Crippen LogP contribution in [0.3, 0.4) is 0 Å². The fourth-order valence-electron chi connectivity index (χ4n) is 8.93. The van der Waals surface area contributed by atoms with Crippen molar-refractivity contribution in [1.29, 1.82) is 0 Å². The summed E-state index contributed by atoms with van der Waals surface area (Å²) in [5.41, 5.74) is 11.1. The highest BCUT2D eigenvalue weighted by Gasteiger charge is 2.40. The molecule has 3 rings (SSSR count). The maximum atomic E-state index is 14.1. The summed E-state index contributed by atoms with van der Waals surface area (Å²) >= 11 is 0. The highest BCUT2D eigenvalue weighted by atomic mass is 16.4. The van der Waals surface area contributed by atoms with Crippen LogP contribution >= 0.6 is 0 Å². The van der Waals surface area contributed by atoms with Crippen LogP contribution in [-0.2, 0) is 38.4 Å². The number of carbonyl (C=O) groups is 8. The van der Waals surface area contributed by atoms with Crippen LogP contribution in [0, 0.1) is 5.92 Å². The summed E-state index contributed by atoms with van der Waals surface area (Å²) in [5.74, 6) is -5.28. The van der Waals surface area contributed by atoms with Crippen LogP contribution in [0.15, 0.2) is 4.99 Å². The average molecular weight is 978 g/mol. The van der Waals surface area contributed by atoms with Crippen LogP contribution in [0.25, 0.3) is 0 Å². The number of fused-ring (bicyclic) bond motifs is 1. The Kier molecular flexibility index (Phi) is 26.6. The quantitative estimate of drug-likeness (QED) is 0.0358. The van der Waals surface area contributed by atoms with E-state index in [9.17, 15) is 48.6 Å². The Hall–Kier alpha value is -4.81. The second kappa shape index (κ2) is 31.4. The normalized spacial score (nSPS) is 25.4. The highest BCUT2D eigenvalue weighted by Crippen LogP contribution is 2.21. The van der Waals surface area contributed by atoms with Crippen LogP contribution in [0.1, 0.15) is 91.9 Å². The van der Waals surface area contributed by atoms with Crippen molar-refractivity contribution in [3.63, 3.8) is 0 Å². The monoisotopic (exact) mass is 978 g/mol. The van der Waals surface area contributed by atoms with Crippen molar-refractivity contribution in [1.82, 2.24) is 51.1 Å². The number of amides is 4. The van der Waals surface area contributed by atoms with Crippen molar-refractivity contribution in [2.24, 2.45) is 22.4 Å². The first kappa shape index (κ1) is 58.5. The smallest absolute Gasteiger partial charge is 0.317 e. The van der Waals surface area contributed by atoms with Gasteiger partial charge in [0.1, 0.15) is 6.04 Å². The zero-order valence-corrected chi connectivity index (χ0v) is 41.6. The van der Waals surface area contributed by atoms with Crippen molar-refractivity contribution in [2.75, 3.05) is 111 Å². The van der Waals surface area contributed by atoms with Gasteiger partial charge in [0.25, 0.3) is 5.91 Å². The Bertz CT molecular complexity index is 1680. The van der Waals surface area contributed by atoms with E-state index in [1.54, 1.807) is 18.7 Å². The van der Waals surface area contributed by atoms with Gasteiger partial charge in [-0.2, -0.15) is 0 Å². The van der Waals surface area contributed by atoms with E-state index in [4.69, 9.17) is 11.5 Å². The van der Waals surface area contributed by atoms with Crippen LogP contribution in [0.5, 0.6) is 0 Å². The second-order valence-electron chi connectivity index (χ2n) is 18.9. The molecule has 69 heavy (non-hydrogen) atoms. The van der Waals surface area contributed by atoms with Crippen molar-refractivity contribution < 1.29 is 48.6 Å². The minimum absolute atomic E-state index is 0.00420.